The predicted octanol–water partition coefficient (Wildman–Crippen LogP) is 3.98. The number of hydrogen-bond acceptors (Lipinski definition) is 6. The Labute approximate surface area is 193 Å². The van der Waals surface area contributed by atoms with E-state index in [2.05, 4.69) is 4.98 Å². The van der Waals surface area contributed by atoms with Crippen molar-refractivity contribution < 1.29 is 14.3 Å². The molecule has 5 rings (SSSR count). The fourth-order valence-corrected chi connectivity index (χ4v) is 5.01. The molecule has 3 heterocycles. The number of likely N-dealkylation sites (N-methyl/N-ethyl adjacent to an activating group) is 1. The average molecular weight is 460 g/mol. The quantitative estimate of drug-likeness (QED) is 0.431. The molecule has 1 amide bonds. The van der Waals surface area contributed by atoms with Gasteiger partial charge in [0.2, 0.25) is 0 Å². The number of aromatic nitrogens is 2. The maximum absolute atomic E-state index is 13.4. The highest BCUT2D eigenvalue weighted by molar-refractivity contribution is 7.19. The molecule has 0 aliphatic carbocycles. The number of thiophene rings is 1. The van der Waals surface area contributed by atoms with Crippen molar-refractivity contribution in [3.63, 3.8) is 0 Å². The summed E-state index contributed by atoms with van der Waals surface area (Å²) in [7, 11) is 1.64. The van der Waals surface area contributed by atoms with Gasteiger partial charge < -0.3 is 9.64 Å². The lowest BCUT2D eigenvalue weighted by atomic mass is 10.0. The van der Waals surface area contributed by atoms with Gasteiger partial charge in [0.15, 0.2) is 12.4 Å². The second kappa shape index (κ2) is 7.97. The highest BCUT2D eigenvalue weighted by atomic mass is 32.1. The molecule has 2 aromatic heterocycles. The Balaban J connectivity index is 1.52. The van der Waals surface area contributed by atoms with E-state index in [4.69, 9.17) is 4.74 Å². The highest BCUT2D eigenvalue weighted by Gasteiger charge is 2.24. The SMILES string of the molecule is Cc1ccc(-c2c(C)sc3ncn(CC(=O)c4ccc5c(c4)N(C)C(=O)CO5)c(=O)c23)cc1. The van der Waals surface area contributed by atoms with Crippen LogP contribution in [0.25, 0.3) is 21.3 Å². The van der Waals surface area contributed by atoms with Crippen LogP contribution in [0.4, 0.5) is 5.69 Å². The zero-order valence-corrected chi connectivity index (χ0v) is 19.2. The number of rotatable bonds is 4. The standard InChI is InChI=1S/C25H21N3O4S/c1-14-4-6-16(7-5-14)22-15(2)33-24-23(22)25(31)28(13-26-24)11-19(29)17-8-9-20-18(10-17)27(3)21(30)12-32-20/h4-10,13H,11-12H2,1-3H3. The lowest BCUT2D eigenvalue weighted by Gasteiger charge is -2.26. The molecule has 1 aliphatic heterocycles. The highest BCUT2D eigenvalue weighted by Crippen LogP contribution is 2.36. The van der Waals surface area contributed by atoms with Crippen LogP contribution >= 0.6 is 11.3 Å². The molecule has 0 fully saturated rings. The fourth-order valence-electron chi connectivity index (χ4n) is 4.01. The Morgan fingerprint density at radius 3 is 2.64 bits per heavy atom. The zero-order valence-electron chi connectivity index (χ0n) is 18.4. The van der Waals surface area contributed by atoms with Crippen molar-refractivity contribution >= 4 is 38.9 Å². The first kappa shape index (κ1) is 21.1. The van der Waals surface area contributed by atoms with Crippen LogP contribution in [0.3, 0.4) is 0 Å². The average Bonchev–Trinajstić information content (AvgIpc) is 3.15. The van der Waals surface area contributed by atoms with E-state index in [1.54, 1.807) is 25.2 Å². The molecular formula is C25H21N3O4S. The number of carbonyl (C=O) groups excluding carboxylic acids is 2. The fraction of sp³-hybridized carbons (Fsp3) is 0.200. The van der Waals surface area contributed by atoms with E-state index >= 15 is 0 Å². The third-order valence-corrected chi connectivity index (χ3v) is 6.89. The summed E-state index contributed by atoms with van der Waals surface area (Å²) in [5.74, 6) is 0.108. The van der Waals surface area contributed by atoms with E-state index in [0.29, 0.717) is 27.2 Å². The van der Waals surface area contributed by atoms with Crippen LogP contribution in [0.5, 0.6) is 5.75 Å². The number of fused-ring (bicyclic) bond motifs is 2. The molecule has 33 heavy (non-hydrogen) atoms. The van der Waals surface area contributed by atoms with Gasteiger partial charge in [-0.15, -0.1) is 11.3 Å². The van der Waals surface area contributed by atoms with Crippen molar-refractivity contribution in [3.8, 4) is 16.9 Å². The van der Waals surface area contributed by atoms with Crippen LogP contribution in [0, 0.1) is 13.8 Å². The summed E-state index contributed by atoms with van der Waals surface area (Å²) in [6.45, 7) is 3.81. The Kier molecular flexibility index (Phi) is 5.09. The van der Waals surface area contributed by atoms with Crippen LogP contribution in [0.15, 0.2) is 53.6 Å². The third-order valence-electron chi connectivity index (χ3n) is 5.88. The molecular weight excluding hydrogens is 438 g/mol. The number of carbonyl (C=O) groups is 2. The summed E-state index contributed by atoms with van der Waals surface area (Å²) < 4.78 is 6.77. The summed E-state index contributed by atoms with van der Waals surface area (Å²) >= 11 is 1.47. The number of aryl methyl sites for hydroxylation is 2. The summed E-state index contributed by atoms with van der Waals surface area (Å²) in [4.78, 5) is 46.0. The number of hydrogen-bond donors (Lipinski definition) is 0. The first-order valence-electron chi connectivity index (χ1n) is 10.5. The van der Waals surface area contributed by atoms with Gasteiger partial charge in [0, 0.05) is 23.1 Å². The van der Waals surface area contributed by atoms with Crippen LogP contribution in [0.2, 0.25) is 0 Å². The van der Waals surface area contributed by atoms with Crippen molar-refractivity contribution in [2.24, 2.45) is 0 Å². The minimum atomic E-state index is -0.253. The van der Waals surface area contributed by atoms with E-state index < -0.39 is 0 Å². The van der Waals surface area contributed by atoms with Crippen molar-refractivity contribution in [1.29, 1.82) is 0 Å². The molecule has 0 radical (unpaired) electrons. The van der Waals surface area contributed by atoms with Gasteiger partial charge in [-0.25, -0.2) is 4.98 Å². The topological polar surface area (TPSA) is 81.5 Å². The van der Waals surface area contributed by atoms with E-state index in [1.165, 1.54) is 27.1 Å². The second-order valence-corrected chi connectivity index (χ2v) is 9.31. The summed E-state index contributed by atoms with van der Waals surface area (Å²) in [6, 6.07) is 13.0. The monoisotopic (exact) mass is 459 g/mol. The number of ether oxygens (including phenoxy) is 1. The molecule has 1 aliphatic rings. The van der Waals surface area contributed by atoms with Gasteiger partial charge >= 0.3 is 0 Å². The molecule has 2 aromatic carbocycles. The Bertz CT molecular complexity index is 1480. The van der Waals surface area contributed by atoms with E-state index in [9.17, 15) is 14.4 Å². The maximum atomic E-state index is 13.4. The number of Topliss-reactive ketones (excluding diaryl/α,β-unsaturated/α-hetero) is 1. The molecule has 4 aromatic rings. The Morgan fingerprint density at radius 2 is 1.88 bits per heavy atom. The minimum absolute atomic E-state index is 0.0265. The first-order valence-corrected chi connectivity index (χ1v) is 11.3. The maximum Gasteiger partial charge on any atom is 0.264 e. The van der Waals surface area contributed by atoms with Gasteiger partial charge in [-0.1, -0.05) is 29.8 Å². The summed E-state index contributed by atoms with van der Waals surface area (Å²) in [5, 5.41) is 0.529. The second-order valence-electron chi connectivity index (χ2n) is 8.10. The molecule has 0 atom stereocenters. The largest absolute Gasteiger partial charge is 0.482 e. The number of amides is 1. The number of nitrogens with zero attached hydrogens (tertiary/aromatic N) is 3. The van der Waals surface area contributed by atoms with Gasteiger partial charge in [0.05, 0.1) is 23.9 Å². The van der Waals surface area contributed by atoms with Crippen LogP contribution in [0.1, 0.15) is 20.8 Å². The van der Waals surface area contributed by atoms with E-state index in [-0.39, 0.29) is 30.4 Å². The lowest BCUT2D eigenvalue weighted by molar-refractivity contribution is -0.120. The van der Waals surface area contributed by atoms with Crippen LogP contribution in [-0.2, 0) is 11.3 Å². The molecule has 0 bridgehead atoms. The molecule has 166 valence electrons. The van der Waals surface area contributed by atoms with Crippen molar-refractivity contribution in [2.45, 2.75) is 20.4 Å². The number of ketones is 1. The molecule has 0 saturated heterocycles. The smallest absolute Gasteiger partial charge is 0.264 e. The number of benzene rings is 2. The third kappa shape index (κ3) is 3.62. The van der Waals surface area contributed by atoms with Crippen molar-refractivity contribution in [1.82, 2.24) is 9.55 Å². The summed E-state index contributed by atoms with van der Waals surface area (Å²) in [6.07, 6.45) is 1.43. The van der Waals surface area contributed by atoms with Gasteiger partial charge in [-0.3, -0.25) is 19.0 Å². The minimum Gasteiger partial charge on any atom is -0.482 e. The number of anilines is 1. The lowest BCUT2D eigenvalue weighted by Crippen LogP contribution is -2.35. The Hall–Kier alpha value is -3.78. The van der Waals surface area contributed by atoms with E-state index in [0.717, 1.165) is 21.6 Å². The van der Waals surface area contributed by atoms with Gasteiger partial charge in [0.25, 0.3) is 11.5 Å². The van der Waals surface area contributed by atoms with Gasteiger partial charge in [-0.05, 0) is 37.6 Å². The van der Waals surface area contributed by atoms with Crippen LogP contribution in [-0.4, -0.2) is 34.9 Å². The van der Waals surface area contributed by atoms with Gasteiger partial charge in [-0.2, -0.15) is 0 Å². The van der Waals surface area contributed by atoms with Crippen molar-refractivity contribution in [2.75, 3.05) is 18.6 Å². The molecule has 7 nitrogen and oxygen atoms in total. The van der Waals surface area contributed by atoms with Crippen LogP contribution < -0.4 is 15.2 Å². The van der Waals surface area contributed by atoms with Crippen molar-refractivity contribution in [3.05, 3.63) is 75.1 Å². The Morgan fingerprint density at radius 1 is 1.12 bits per heavy atom. The predicted molar refractivity (Wildman–Crippen MR) is 128 cm³/mol. The zero-order chi connectivity index (χ0) is 23.3. The molecule has 0 saturated carbocycles. The first-order chi connectivity index (χ1) is 15.8. The van der Waals surface area contributed by atoms with E-state index in [1.807, 2.05) is 38.1 Å². The molecule has 0 spiro atoms. The molecule has 8 heteroatoms. The van der Waals surface area contributed by atoms with Gasteiger partial charge in [0.1, 0.15) is 10.6 Å². The molecule has 0 N–H and O–H groups in total. The summed E-state index contributed by atoms with van der Waals surface area (Å²) in [5.41, 5.74) is 3.64. The normalized spacial score (nSPS) is 13.2. The molecule has 0 unspecified atom stereocenters.